The number of hydrogen-bond donors (Lipinski definition) is 1. The summed E-state index contributed by atoms with van der Waals surface area (Å²) in [6.07, 6.45) is -1.02. The van der Waals surface area contributed by atoms with E-state index in [1.54, 1.807) is 10.9 Å². The lowest BCUT2D eigenvalue weighted by molar-refractivity contribution is -0.137. The average Bonchev–Trinajstić information content (AvgIpc) is 2.87. The van der Waals surface area contributed by atoms with Gasteiger partial charge in [-0.05, 0) is 50.7 Å². The molecular weight excluding hydrogens is 269 g/mol. The molecule has 20 heavy (non-hydrogen) atoms. The van der Waals surface area contributed by atoms with Crippen molar-refractivity contribution in [2.75, 3.05) is 13.6 Å². The molecule has 0 atom stereocenters. The van der Waals surface area contributed by atoms with E-state index in [9.17, 15) is 13.2 Å². The highest BCUT2D eigenvalue weighted by atomic mass is 19.4. The molecule has 4 nitrogen and oxygen atoms in total. The summed E-state index contributed by atoms with van der Waals surface area (Å²) in [5, 5.41) is 10.8. The van der Waals surface area contributed by atoms with Crippen LogP contribution >= 0.6 is 0 Å². The molecule has 1 heterocycles. The molecular formula is C13H15F3N4. The molecule has 7 heteroatoms. The Hall–Kier alpha value is -1.89. The summed E-state index contributed by atoms with van der Waals surface area (Å²) in [7, 11) is 1.87. The first kappa shape index (κ1) is 14.5. The fraction of sp³-hybridized carbons (Fsp3) is 0.385. The van der Waals surface area contributed by atoms with E-state index in [0.717, 1.165) is 37.2 Å². The van der Waals surface area contributed by atoms with Crippen LogP contribution in [0, 0.1) is 0 Å². The highest BCUT2D eigenvalue weighted by molar-refractivity contribution is 5.35. The summed E-state index contributed by atoms with van der Waals surface area (Å²) in [5.41, 5.74) is 0.785. The topological polar surface area (TPSA) is 42.7 Å². The Morgan fingerprint density at radius 3 is 2.50 bits per heavy atom. The Labute approximate surface area is 114 Å². The predicted octanol–water partition coefficient (Wildman–Crippen LogP) is 2.44. The van der Waals surface area contributed by atoms with Crippen LogP contribution in [0.15, 0.2) is 30.5 Å². The van der Waals surface area contributed by atoms with Crippen molar-refractivity contribution < 1.29 is 13.2 Å². The Balaban J connectivity index is 2.18. The van der Waals surface area contributed by atoms with Gasteiger partial charge in [-0.2, -0.15) is 13.2 Å². The molecule has 0 radical (unpaired) electrons. The van der Waals surface area contributed by atoms with Crippen LogP contribution in [0.1, 0.15) is 17.7 Å². The maximum Gasteiger partial charge on any atom is 0.416 e. The lowest BCUT2D eigenvalue weighted by Gasteiger charge is -2.09. The normalized spacial score (nSPS) is 11.8. The maximum atomic E-state index is 12.5. The monoisotopic (exact) mass is 284 g/mol. The van der Waals surface area contributed by atoms with Crippen LogP contribution in [-0.2, 0) is 12.6 Å². The SMILES string of the molecule is CNCCCc1cnnn1-c1ccc(C(F)(F)F)cc1. The first-order valence-corrected chi connectivity index (χ1v) is 6.24. The van der Waals surface area contributed by atoms with E-state index in [1.807, 2.05) is 7.05 Å². The summed E-state index contributed by atoms with van der Waals surface area (Å²) in [4.78, 5) is 0. The number of aryl methyl sites for hydroxylation is 1. The number of alkyl halides is 3. The van der Waals surface area contributed by atoms with Crippen molar-refractivity contribution >= 4 is 0 Å². The summed E-state index contributed by atoms with van der Waals surface area (Å²) >= 11 is 0. The fourth-order valence-electron chi connectivity index (χ4n) is 1.88. The summed E-state index contributed by atoms with van der Waals surface area (Å²) in [5.74, 6) is 0. The first-order valence-electron chi connectivity index (χ1n) is 6.24. The number of nitrogens with one attached hydrogen (secondary N) is 1. The van der Waals surface area contributed by atoms with Crippen LogP contribution in [-0.4, -0.2) is 28.6 Å². The van der Waals surface area contributed by atoms with Crippen LogP contribution in [0.25, 0.3) is 5.69 Å². The lowest BCUT2D eigenvalue weighted by atomic mass is 10.2. The van der Waals surface area contributed by atoms with Crippen molar-refractivity contribution in [3.63, 3.8) is 0 Å². The van der Waals surface area contributed by atoms with Crippen molar-refractivity contribution in [1.29, 1.82) is 0 Å². The number of benzene rings is 1. The van der Waals surface area contributed by atoms with Crippen molar-refractivity contribution in [2.45, 2.75) is 19.0 Å². The zero-order chi connectivity index (χ0) is 14.6. The van der Waals surface area contributed by atoms with Crippen LogP contribution < -0.4 is 5.32 Å². The number of halogens is 3. The third-order valence-corrected chi connectivity index (χ3v) is 2.92. The number of nitrogens with zero attached hydrogens (tertiary/aromatic N) is 3. The fourth-order valence-corrected chi connectivity index (χ4v) is 1.88. The summed E-state index contributed by atoms with van der Waals surface area (Å²) < 4.78 is 39.1. The number of hydrogen-bond acceptors (Lipinski definition) is 3. The molecule has 0 bridgehead atoms. The summed E-state index contributed by atoms with van der Waals surface area (Å²) in [6, 6.07) is 4.90. The smallest absolute Gasteiger partial charge is 0.320 e. The van der Waals surface area contributed by atoms with Gasteiger partial charge in [-0.15, -0.1) is 5.10 Å². The molecule has 0 aliphatic rings. The Kier molecular flexibility index (Phi) is 4.39. The van der Waals surface area contributed by atoms with E-state index in [2.05, 4.69) is 15.6 Å². The predicted molar refractivity (Wildman–Crippen MR) is 68.6 cm³/mol. The molecule has 0 fully saturated rings. The minimum Gasteiger partial charge on any atom is -0.320 e. The molecule has 2 aromatic rings. The van der Waals surface area contributed by atoms with E-state index in [4.69, 9.17) is 0 Å². The van der Waals surface area contributed by atoms with Crippen molar-refractivity contribution in [1.82, 2.24) is 20.3 Å². The average molecular weight is 284 g/mol. The van der Waals surface area contributed by atoms with E-state index in [-0.39, 0.29) is 0 Å². The van der Waals surface area contributed by atoms with Gasteiger partial charge < -0.3 is 5.32 Å². The molecule has 0 unspecified atom stereocenters. The van der Waals surface area contributed by atoms with Gasteiger partial charge in [-0.1, -0.05) is 5.21 Å². The Morgan fingerprint density at radius 1 is 1.20 bits per heavy atom. The zero-order valence-electron chi connectivity index (χ0n) is 11.0. The molecule has 2 rings (SSSR count). The molecule has 1 aromatic carbocycles. The zero-order valence-corrected chi connectivity index (χ0v) is 11.0. The molecule has 0 amide bonds. The molecule has 1 N–H and O–H groups in total. The maximum absolute atomic E-state index is 12.5. The van der Waals surface area contributed by atoms with Crippen LogP contribution in [0.2, 0.25) is 0 Å². The van der Waals surface area contributed by atoms with Gasteiger partial charge in [0, 0.05) is 0 Å². The highest BCUT2D eigenvalue weighted by Crippen LogP contribution is 2.29. The highest BCUT2D eigenvalue weighted by Gasteiger charge is 2.30. The second kappa shape index (κ2) is 6.04. The molecule has 0 spiro atoms. The van der Waals surface area contributed by atoms with Crippen molar-refractivity contribution in [3.05, 3.63) is 41.7 Å². The third kappa shape index (κ3) is 3.36. The van der Waals surface area contributed by atoms with E-state index in [1.165, 1.54) is 12.1 Å². The molecule has 0 aliphatic heterocycles. The molecule has 0 saturated heterocycles. The van der Waals surface area contributed by atoms with Gasteiger partial charge in [0.05, 0.1) is 23.1 Å². The van der Waals surface area contributed by atoms with Gasteiger partial charge in [-0.3, -0.25) is 0 Å². The van der Waals surface area contributed by atoms with E-state index >= 15 is 0 Å². The van der Waals surface area contributed by atoms with Gasteiger partial charge in [-0.25, -0.2) is 4.68 Å². The van der Waals surface area contributed by atoms with Gasteiger partial charge in [0.1, 0.15) is 0 Å². The minimum absolute atomic E-state index is 0.579. The van der Waals surface area contributed by atoms with Crippen molar-refractivity contribution in [3.8, 4) is 5.69 Å². The molecule has 108 valence electrons. The molecule has 1 aromatic heterocycles. The number of rotatable bonds is 5. The second-order valence-corrected chi connectivity index (χ2v) is 4.39. The quantitative estimate of drug-likeness (QED) is 0.858. The molecule has 0 saturated carbocycles. The number of aromatic nitrogens is 3. The minimum atomic E-state index is -4.32. The van der Waals surface area contributed by atoms with Crippen molar-refractivity contribution in [2.24, 2.45) is 0 Å². The van der Waals surface area contributed by atoms with Crippen LogP contribution in [0.5, 0.6) is 0 Å². The summed E-state index contributed by atoms with van der Waals surface area (Å²) in [6.45, 7) is 0.859. The second-order valence-electron chi connectivity index (χ2n) is 4.39. The van der Waals surface area contributed by atoms with Crippen LogP contribution in [0.3, 0.4) is 0 Å². The molecule has 0 aliphatic carbocycles. The van der Waals surface area contributed by atoms with E-state index < -0.39 is 11.7 Å². The van der Waals surface area contributed by atoms with Gasteiger partial charge >= 0.3 is 6.18 Å². The Bertz CT molecular complexity index is 545. The van der Waals surface area contributed by atoms with E-state index in [0.29, 0.717) is 5.69 Å². The largest absolute Gasteiger partial charge is 0.416 e. The van der Waals surface area contributed by atoms with Gasteiger partial charge in [0.15, 0.2) is 0 Å². The third-order valence-electron chi connectivity index (χ3n) is 2.92. The lowest BCUT2D eigenvalue weighted by Crippen LogP contribution is -2.10. The first-order chi connectivity index (χ1) is 9.52. The Morgan fingerprint density at radius 2 is 1.90 bits per heavy atom. The van der Waals surface area contributed by atoms with Gasteiger partial charge in [0.25, 0.3) is 0 Å². The van der Waals surface area contributed by atoms with Gasteiger partial charge in [0.2, 0.25) is 0 Å². The van der Waals surface area contributed by atoms with Crippen LogP contribution in [0.4, 0.5) is 13.2 Å². The standard InChI is InChI=1S/C13H15F3N4/c1-17-8-2-3-12-9-18-19-20(12)11-6-4-10(5-7-11)13(14,15)16/h4-7,9,17H,2-3,8H2,1H3.